The maximum atomic E-state index is 13.8. The smallest absolute Gasteiger partial charge is 0.356 e. The van der Waals surface area contributed by atoms with E-state index in [0.29, 0.717) is 88.4 Å². The van der Waals surface area contributed by atoms with Gasteiger partial charge in [0.25, 0.3) is 5.91 Å². The van der Waals surface area contributed by atoms with E-state index in [9.17, 15) is 24.0 Å². The van der Waals surface area contributed by atoms with Gasteiger partial charge in [-0.3, -0.25) is 33.9 Å². The van der Waals surface area contributed by atoms with Crippen LogP contribution in [0.1, 0.15) is 82.1 Å². The minimum Gasteiger partial charge on any atom is -0.494 e. The van der Waals surface area contributed by atoms with E-state index in [1.807, 2.05) is 48.2 Å². The number of aryl methyl sites for hydroxylation is 4. The second kappa shape index (κ2) is 21.0. The molecule has 0 bridgehead atoms. The molecule has 7 rings (SSSR count). The summed E-state index contributed by atoms with van der Waals surface area (Å²) in [6, 6.07) is 9.83. The average molecular weight is 932 g/mol. The number of amides is 3. The van der Waals surface area contributed by atoms with Crippen molar-refractivity contribution >= 4 is 68.6 Å². The maximum absolute atomic E-state index is 13.8. The molecule has 0 saturated carbocycles. The van der Waals surface area contributed by atoms with Crippen LogP contribution in [-0.2, 0) is 45.3 Å². The minimum atomic E-state index is -0.804. The number of carbonyl (C=O) groups is 5. The summed E-state index contributed by atoms with van der Waals surface area (Å²) in [6.45, 7) is 9.44. The normalized spacial score (nSPS) is 11.5. The van der Waals surface area contributed by atoms with E-state index in [0.717, 1.165) is 11.4 Å². The molecule has 0 aliphatic carbocycles. The van der Waals surface area contributed by atoms with Gasteiger partial charge in [0, 0.05) is 68.1 Å². The Morgan fingerprint density at radius 2 is 1.51 bits per heavy atom. The molecule has 0 saturated heterocycles. The number of methoxy groups -OCH3 is 2. The van der Waals surface area contributed by atoms with Gasteiger partial charge in [-0.1, -0.05) is 12.2 Å². The number of primary amides is 1. The van der Waals surface area contributed by atoms with E-state index in [2.05, 4.69) is 30.4 Å². The first-order valence-corrected chi connectivity index (χ1v) is 21.9. The van der Waals surface area contributed by atoms with Crippen molar-refractivity contribution in [3.8, 4) is 23.0 Å². The van der Waals surface area contributed by atoms with Crippen molar-refractivity contribution in [2.24, 2.45) is 11.6 Å². The van der Waals surface area contributed by atoms with Crippen molar-refractivity contribution in [1.82, 2.24) is 49.0 Å². The number of rotatable bonds is 21. The predicted molar refractivity (Wildman–Crippen MR) is 250 cm³/mol. The summed E-state index contributed by atoms with van der Waals surface area (Å²) in [5.41, 5.74) is 10.6. The topological polar surface area (TPSA) is 283 Å². The predicted octanol–water partition coefficient (Wildman–Crippen LogP) is 4.53. The van der Waals surface area contributed by atoms with E-state index in [1.54, 1.807) is 40.6 Å². The Bertz CT molecular complexity index is 3090. The van der Waals surface area contributed by atoms with E-state index in [1.165, 1.54) is 26.4 Å². The molecular formula is C46H53N13O9. The summed E-state index contributed by atoms with van der Waals surface area (Å²) in [4.78, 5) is 81.9. The number of nitrogens with one attached hydrogen (secondary N) is 2. The Morgan fingerprint density at radius 3 is 2.22 bits per heavy atom. The van der Waals surface area contributed by atoms with Crippen LogP contribution in [0.2, 0.25) is 0 Å². The molecule has 0 radical (unpaired) electrons. The van der Waals surface area contributed by atoms with Crippen LogP contribution in [0.15, 0.2) is 54.7 Å². The molecule has 0 unspecified atom stereocenters. The Hall–Kier alpha value is -8.14. The van der Waals surface area contributed by atoms with Crippen LogP contribution < -0.4 is 31.7 Å². The molecule has 356 valence electrons. The fourth-order valence-corrected chi connectivity index (χ4v) is 7.89. The second-order valence-electron chi connectivity index (χ2n) is 15.7. The average Bonchev–Trinajstić information content (AvgIpc) is 4.10. The number of esters is 1. The highest BCUT2D eigenvalue weighted by molar-refractivity contribution is 6.12. The van der Waals surface area contributed by atoms with Crippen molar-refractivity contribution < 1.29 is 43.0 Å². The van der Waals surface area contributed by atoms with Crippen LogP contribution in [0.5, 0.6) is 11.5 Å². The second-order valence-corrected chi connectivity index (χ2v) is 15.7. The molecule has 0 atom stereocenters. The number of ether oxygens (including phenoxy) is 3. The van der Waals surface area contributed by atoms with Crippen molar-refractivity contribution in [2.75, 3.05) is 32.7 Å². The molecule has 6 N–H and O–H groups in total. The van der Waals surface area contributed by atoms with Crippen LogP contribution in [0.25, 0.3) is 44.5 Å². The van der Waals surface area contributed by atoms with Gasteiger partial charge in [0.15, 0.2) is 5.82 Å². The SMILES string of the molecule is CCn1nc(C)cc1C(=O)Nc1nc2cc(C(=O)ON)cc(OC)c2n1C/C=C/Cn1c2nc(-c3cc(C)nn3CC)ncc2c2cc(C(N)=O)cc(OCCCNC(=O)CCCC(=O)OC)c21. The molecule has 68 heavy (non-hydrogen) atoms. The number of imidazole rings is 1. The minimum absolute atomic E-state index is 0.0919. The number of carbonyl (C=O) groups excluding carboxylic acids is 5. The number of anilines is 1. The lowest BCUT2D eigenvalue weighted by Gasteiger charge is -2.13. The summed E-state index contributed by atoms with van der Waals surface area (Å²) < 4.78 is 23.9. The zero-order valence-corrected chi connectivity index (χ0v) is 38.6. The first-order chi connectivity index (χ1) is 32.8. The van der Waals surface area contributed by atoms with E-state index in [4.69, 9.17) is 36.1 Å². The monoisotopic (exact) mass is 931 g/mol. The van der Waals surface area contributed by atoms with Gasteiger partial charge in [-0.15, -0.1) is 0 Å². The van der Waals surface area contributed by atoms with Gasteiger partial charge in [-0.2, -0.15) is 16.1 Å². The van der Waals surface area contributed by atoms with Gasteiger partial charge in [-0.25, -0.2) is 19.7 Å². The Balaban J connectivity index is 1.26. The third-order valence-corrected chi connectivity index (χ3v) is 11.1. The third kappa shape index (κ3) is 10.1. The fourth-order valence-electron chi connectivity index (χ4n) is 7.89. The van der Waals surface area contributed by atoms with Gasteiger partial charge in [0.1, 0.15) is 34.1 Å². The number of hydrogen-bond acceptors (Lipinski definition) is 15. The van der Waals surface area contributed by atoms with Crippen LogP contribution in [0.4, 0.5) is 5.95 Å². The van der Waals surface area contributed by atoms with E-state index in [-0.39, 0.29) is 67.2 Å². The number of nitrogens with zero attached hydrogens (tertiary/aromatic N) is 9. The number of allylic oxidation sites excluding steroid dienone is 2. The zero-order valence-electron chi connectivity index (χ0n) is 38.6. The van der Waals surface area contributed by atoms with Gasteiger partial charge >= 0.3 is 11.9 Å². The van der Waals surface area contributed by atoms with Gasteiger partial charge in [0.2, 0.25) is 17.8 Å². The van der Waals surface area contributed by atoms with Crippen molar-refractivity contribution in [3.63, 3.8) is 0 Å². The quantitative estimate of drug-likeness (QED) is 0.0333. The van der Waals surface area contributed by atoms with E-state index < -0.39 is 17.8 Å². The van der Waals surface area contributed by atoms with Crippen molar-refractivity contribution in [2.45, 2.75) is 79.6 Å². The van der Waals surface area contributed by atoms with E-state index >= 15 is 0 Å². The molecule has 0 aliphatic heterocycles. The summed E-state index contributed by atoms with van der Waals surface area (Å²) in [5, 5.41) is 16.0. The molecular weight excluding hydrogens is 879 g/mol. The molecule has 3 amide bonds. The number of hydrogen-bond donors (Lipinski definition) is 4. The summed E-state index contributed by atoms with van der Waals surface area (Å²) in [7, 11) is 2.75. The molecule has 5 aromatic heterocycles. The van der Waals surface area contributed by atoms with Crippen LogP contribution >= 0.6 is 0 Å². The standard InChI is InChI=1S/C46H53N13O9/c1-7-58-33(19-26(3)54-58)42-50-25-31-30-21-28(41(47)62)23-36(67-18-12-15-49-37(60)13-11-14-38(61)66-6)39(30)56(43(31)52-42)16-9-10-17-57-40-32(22-29(45(64)68-48)24-35(40)65-5)51-46(57)53-44(63)34-20-27(4)55-59(34)8-2/h9-10,19-25H,7-8,11-18,48H2,1-6H3,(H2,47,62)(H,49,60)(H,51,53,63)/b10-9+. The molecule has 0 fully saturated rings. The molecule has 2 aromatic carbocycles. The molecule has 7 aromatic rings. The summed E-state index contributed by atoms with van der Waals surface area (Å²) >= 11 is 0. The number of benzene rings is 2. The Morgan fingerprint density at radius 1 is 0.794 bits per heavy atom. The lowest BCUT2D eigenvalue weighted by molar-refractivity contribution is -0.140. The van der Waals surface area contributed by atoms with Crippen molar-refractivity contribution in [3.05, 3.63) is 83.0 Å². The largest absolute Gasteiger partial charge is 0.494 e. The maximum Gasteiger partial charge on any atom is 0.356 e. The van der Waals surface area contributed by atoms with Gasteiger partial charge < -0.3 is 39.2 Å². The summed E-state index contributed by atoms with van der Waals surface area (Å²) in [6.07, 6.45) is 6.58. The first kappa shape index (κ1) is 47.8. The fraction of sp³-hybridized carbons (Fsp3) is 0.348. The number of fused-ring (bicyclic) bond motifs is 4. The van der Waals surface area contributed by atoms with Crippen LogP contribution in [0.3, 0.4) is 0 Å². The molecule has 0 aliphatic rings. The highest BCUT2D eigenvalue weighted by Crippen LogP contribution is 2.37. The Labute approximate surface area is 389 Å². The van der Waals surface area contributed by atoms with Crippen LogP contribution in [0, 0.1) is 13.8 Å². The number of aromatic nitrogens is 9. The number of nitrogens with two attached hydrogens (primary N) is 2. The zero-order chi connectivity index (χ0) is 48.6. The van der Waals surface area contributed by atoms with Gasteiger partial charge in [-0.05, 0) is 76.9 Å². The Kier molecular flexibility index (Phi) is 14.8. The highest BCUT2D eigenvalue weighted by atomic mass is 16.7. The summed E-state index contributed by atoms with van der Waals surface area (Å²) in [5.74, 6) is 3.95. The van der Waals surface area contributed by atoms with Crippen LogP contribution in [-0.4, -0.2) is 101 Å². The third-order valence-electron chi connectivity index (χ3n) is 11.1. The lowest BCUT2D eigenvalue weighted by atomic mass is 10.1. The lowest BCUT2D eigenvalue weighted by Crippen LogP contribution is -2.25. The molecule has 0 spiro atoms. The first-order valence-electron chi connectivity index (χ1n) is 21.9. The van der Waals surface area contributed by atoms with Gasteiger partial charge in [0.05, 0.1) is 48.8 Å². The highest BCUT2D eigenvalue weighted by Gasteiger charge is 2.24. The molecule has 22 nitrogen and oxygen atoms in total. The molecule has 5 heterocycles. The van der Waals surface area contributed by atoms with Crippen molar-refractivity contribution in [1.29, 1.82) is 0 Å². The molecule has 22 heteroatoms.